The lowest BCUT2D eigenvalue weighted by Gasteiger charge is -1.99. The first-order chi connectivity index (χ1) is 8.81. The predicted octanol–water partition coefficient (Wildman–Crippen LogP) is 3.55. The van der Waals surface area contributed by atoms with Gasteiger partial charge in [-0.25, -0.2) is 0 Å². The highest BCUT2D eigenvalue weighted by Gasteiger charge is 1.92. The van der Waals surface area contributed by atoms with Gasteiger partial charge in [0.05, 0.1) is 12.3 Å². The molecule has 0 saturated carbocycles. The Bertz CT molecular complexity index is 491. The summed E-state index contributed by atoms with van der Waals surface area (Å²) in [5, 5.41) is 8.80. The molecule has 1 aromatic heterocycles. The van der Waals surface area contributed by atoms with Crippen molar-refractivity contribution in [2.75, 3.05) is 0 Å². The number of hydrogen-bond acceptors (Lipinski definition) is 2. The summed E-state index contributed by atoms with van der Waals surface area (Å²) < 4.78 is 0. The summed E-state index contributed by atoms with van der Waals surface area (Å²) in [7, 11) is 0. The third kappa shape index (κ3) is 4.36. The maximum atomic E-state index is 8.80. The number of aromatic nitrogens is 1. The fourth-order valence-corrected chi connectivity index (χ4v) is 1.37. The Labute approximate surface area is 108 Å². The standard InChI is InChI=1S/C9H10O.C7H7N/c1-2-8-5-3-4-6-9(8)7-10;1-2-7-5-3-4-6-8-7/h2-6,10H,1,7H2;2-6H,1H2. The lowest BCUT2D eigenvalue weighted by molar-refractivity contribution is 0.281. The lowest BCUT2D eigenvalue weighted by atomic mass is 10.1. The van der Waals surface area contributed by atoms with Crippen LogP contribution in [0.3, 0.4) is 0 Å². The highest BCUT2D eigenvalue weighted by atomic mass is 16.3. The van der Waals surface area contributed by atoms with Gasteiger partial charge >= 0.3 is 0 Å². The number of pyridine rings is 1. The maximum absolute atomic E-state index is 8.80. The topological polar surface area (TPSA) is 33.1 Å². The fraction of sp³-hybridized carbons (Fsp3) is 0.0625. The van der Waals surface area contributed by atoms with Gasteiger partial charge < -0.3 is 5.11 Å². The number of hydrogen-bond donors (Lipinski definition) is 1. The van der Waals surface area contributed by atoms with E-state index < -0.39 is 0 Å². The van der Waals surface area contributed by atoms with Crippen LogP contribution in [0.1, 0.15) is 16.8 Å². The highest BCUT2D eigenvalue weighted by molar-refractivity contribution is 5.51. The Kier molecular flexibility index (Phi) is 6.15. The zero-order chi connectivity index (χ0) is 13.2. The first kappa shape index (κ1) is 13.9. The zero-order valence-corrected chi connectivity index (χ0v) is 10.3. The molecule has 1 N–H and O–H groups in total. The Morgan fingerprint density at radius 2 is 1.72 bits per heavy atom. The van der Waals surface area contributed by atoms with Crippen molar-refractivity contribution in [1.29, 1.82) is 0 Å². The molecule has 2 aromatic rings. The normalized spacial score (nSPS) is 8.94. The number of aliphatic hydroxyl groups is 1. The highest BCUT2D eigenvalue weighted by Crippen LogP contribution is 2.08. The molecule has 1 aromatic carbocycles. The molecule has 2 nitrogen and oxygen atoms in total. The maximum Gasteiger partial charge on any atom is 0.0687 e. The van der Waals surface area contributed by atoms with Crippen molar-refractivity contribution in [2.45, 2.75) is 6.61 Å². The second-order valence-electron chi connectivity index (χ2n) is 3.52. The Balaban J connectivity index is 0.000000184. The number of aliphatic hydroxyl groups excluding tert-OH is 1. The summed E-state index contributed by atoms with van der Waals surface area (Å²) in [6.45, 7) is 7.28. The van der Waals surface area contributed by atoms with Gasteiger partial charge in [0.1, 0.15) is 0 Å². The van der Waals surface area contributed by atoms with E-state index in [1.165, 1.54) is 0 Å². The van der Waals surface area contributed by atoms with Crippen LogP contribution in [0.4, 0.5) is 0 Å². The van der Waals surface area contributed by atoms with E-state index in [9.17, 15) is 0 Å². The third-order valence-electron chi connectivity index (χ3n) is 2.34. The molecule has 18 heavy (non-hydrogen) atoms. The Morgan fingerprint density at radius 3 is 2.17 bits per heavy atom. The zero-order valence-electron chi connectivity index (χ0n) is 10.3. The number of rotatable bonds is 3. The average Bonchev–Trinajstić information content (AvgIpc) is 2.48. The van der Waals surface area contributed by atoms with Crippen molar-refractivity contribution in [3.63, 3.8) is 0 Å². The molecule has 0 radical (unpaired) electrons. The van der Waals surface area contributed by atoms with Crippen LogP contribution in [-0.2, 0) is 6.61 Å². The van der Waals surface area contributed by atoms with Crippen molar-refractivity contribution < 1.29 is 5.11 Å². The van der Waals surface area contributed by atoms with Crippen molar-refractivity contribution in [3.8, 4) is 0 Å². The van der Waals surface area contributed by atoms with Crippen molar-refractivity contribution >= 4 is 12.2 Å². The van der Waals surface area contributed by atoms with E-state index in [1.54, 1.807) is 18.3 Å². The van der Waals surface area contributed by atoms with E-state index in [0.717, 1.165) is 16.8 Å². The first-order valence-electron chi connectivity index (χ1n) is 5.66. The first-order valence-corrected chi connectivity index (χ1v) is 5.66. The van der Waals surface area contributed by atoms with E-state index in [2.05, 4.69) is 18.1 Å². The molecule has 0 fully saturated rings. The smallest absolute Gasteiger partial charge is 0.0687 e. The Morgan fingerprint density at radius 1 is 1.00 bits per heavy atom. The molecule has 1 heterocycles. The lowest BCUT2D eigenvalue weighted by Crippen LogP contribution is -1.85. The third-order valence-corrected chi connectivity index (χ3v) is 2.34. The summed E-state index contributed by atoms with van der Waals surface area (Å²) in [5.41, 5.74) is 2.86. The Hall–Kier alpha value is -2.19. The van der Waals surface area contributed by atoms with Gasteiger partial charge in [-0.2, -0.15) is 0 Å². The molecule has 0 atom stereocenters. The van der Waals surface area contributed by atoms with E-state index in [-0.39, 0.29) is 6.61 Å². The average molecular weight is 239 g/mol. The van der Waals surface area contributed by atoms with Crippen molar-refractivity contribution in [3.05, 3.63) is 78.6 Å². The molecular weight excluding hydrogens is 222 g/mol. The van der Waals surface area contributed by atoms with Gasteiger partial charge in [-0.05, 0) is 29.3 Å². The van der Waals surface area contributed by atoms with Gasteiger partial charge in [-0.15, -0.1) is 0 Å². The van der Waals surface area contributed by atoms with Crippen LogP contribution in [0.15, 0.2) is 61.8 Å². The SMILES string of the molecule is C=Cc1ccccc1CO.C=Cc1ccccn1. The van der Waals surface area contributed by atoms with Crippen LogP contribution >= 0.6 is 0 Å². The van der Waals surface area contributed by atoms with Crippen molar-refractivity contribution in [1.82, 2.24) is 4.98 Å². The van der Waals surface area contributed by atoms with E-state index in [1.807, 2.05) is 42.5 Å². The van der Waals surface area contributed by atoms with Gasteiger partial charge in [0, 0.05) is 6.20 Å². The van der Waals surface area contributed by atoms with Crippen LogP contribution in [0, 0.1) is 0 Å². The minimum Gasteiger partial charge on any atom is -0.392 e. The van der Waals surface area contributed by atoms with Gasteiger partial charge in [0.25, 0.3) is 0 Å². The molecule has 0 spiro atoms. The van der Waals surface area contributed by atoms with Crippen LogP contribution in [-0.4, -0.2) is 10.1 Å². The minimum atomic E-state index is 0.0855. The van der Waals surface area contributed by atoms with Crippen LogP contribution in [0.2, 0.25) is 0 Å². The van der Waals surface area contributed by atoms with E-state index in [0.29, 0.717) is 0 Å². The second kappa shape index (κ2) is 7.98. The molecular formula is C16H17NO. The van der Waals surface area contributed by atoms with Gasteiger partial charge in [0.2, 0.25) is 0 Å². The summed E-state index contributed by atoms with van der Waals surface area (Å²) in [6.07, 6.45) is 5.21. The predicted molar refractivity (Wildman–Crippen MR) is 76.8 cm³/mol. The van der Waals surface area contributed by atoms with Crippen LogP contribution < -0.4 is 0 Å². The van der Waals surface area contributed by atoms with E-state index in [4.69, 9.17) is 5.11 Å². The molecule has 0 aliphatic heterocycles. The minimum absolute atomic E-state index is 0.0855. The molecule has 0 unspecified atom stereocenters. The summed E-state index contributed by atoms with van der Waals surface area (Å²) in [4.78, 5) is 3.98. The van der Waals surface area contributed by atoms with Crippen LogP contribution in [0.25, 0.3) is 12.2 Å². The largest absolute Gasteiger partial charge is 0.392 e. The summed E-state index contributed by atoms with van der Waals surface area (Å²) in [5.74, 6) is 0. The summed E-state index contributed by atoms with van der Waals surface area (Å²) >= 11 is 0. The molecule has 0 aliphatic rings. The monoisotopic (exact) mass is 239 g/mol. The molecule has 92 valence electrons. The fourth-order valence-electron chi connectivity index (χ4n) is 1.37. The van der Waals surface area contributed by atoms with Crippen LogP contribution in [0.5, 0.6) is 0 Å². The van der Waals surface area contributed by atoms with Crippen molar-refractivity contribution in [2.24, 2.45) is 0 Å². The van der Waals surface area contributed by atoms with Gasteiger partial charge in [-0.1, -0.05) is 49.6 Å². The quantitative estimate of drug-likeness (QED) is 0.888. The summed E-state index contributed by atoms with van der Waals surface area (Å²) in [6, 6.07) is 13.4. The molecule has 0 aliphatic carbocycles. The molecule has 2 heteroatoms. The van der Waals surface area contributed by atoms with E-state index >= 15 is 0 Å². The molecule has 2 rings (SSSR count). The van der Waals surface area contributed by atoms with Gasteiger partial charge in [0.15, 0.2) is 0 Å². The molecule has 0 amide bonds. The molecule has 0 saturated heterocycles. The number of benzene rings is 1. The second-order valence-corrected chi connectivity index (χ2v) is 3.52. The van der Waals surface area contributed by atoms with Gasteiger partial charge in [-0.3, -0.25) is 4.98 Å². The number of nitrogens with zero attached hydrogens (tertiary/aromatic N) is 1. The molecule has 0 bridgehead atoms.